The number of rotatable bonds is 12. The molecule has 1 heterocycles. The summed E-state index contributed by atoms with van der Waals surface area (Å²) in [5.41, 5.74) is -2.03. The highest BCUT2D eigenvalue weighted by molar-refractivity contribution is 6.30. The SMILES string of the molecule is CCOC(O)NCC(NC(=O)Cn1nc(-c2ccc(Cl)cc2)n(C[C@H](O)C(F)(F)F)c1=O)c1cccc(C(F)(F)F)c1. The van der Waals surface area contributed by atoms with Gasteiger partial charge >= 0.3 is 18.0 Å². The number of alkyl halides is 6. The summed E-state index contributed by atoms with van der Waals surface area (Å²) in [4.78, 5) is 26.0. The molecule has 0 saturated carbocycles. The average molecular weight is 626 g/mol. The predicted octanol–water partition coefficient (Wildman–Crippen LogP) is 3.07. The van der Waals surface area contributed by atoms with Crippen molar-refractivity contribution in [1.82, 2.24) is 25.0 Å². The minimum absolute atomic E-state index is 0.0117. The number of hydrogen-bond donors (Lipinski definition) is 4. The molecule has 2 unspecified atom stereocenters. The number of nitrogens with zero attached hydrogens (tertiary/aromatic N) is 3. The lowest BCUT2D eigenvalue weighted by Gasteiger charge is -2.22. The van der Waals surface area contributed by atoms with E-state index in [1.807, 2.05) is 0 Å². The molecule has 3 aromatic rings. The smallest absolute Gasteiger partial charge is 0.382 e. The van der Waals surface area contributed by atoms with Gasteiger partial charge in [-0.3, -0.25) is 14.7 Å². The van der Waals surface area contributed by atoms with Gasteiger partial charge < -0.3 is 20.3 Å². The van der Waals surface area contributed by atoms with Crippen LogP contribution in [-0.2, 0) is 28.8 Å². The molecule has 42 heavy (non-hydrogen) atoms. The summed E-state index contributed by atoms with van der Waals surface area (Å²) >= 11 is 5.86. The number of halogens is 7. The van der Waals surface area contributed by atoms with Gasteiger partial charge in [-0.2, -0.15) is 26.3 Å². The first-order valence-corrected chi connectivity index (χ1v) is 12.7. The zero-order chi connectivity index (χ0) is 31.2. The third-order valence-electron chi connectivity index (χ3n) is 5.82. The Balaban J connectivity index is 1.92. The van der Waals surface area contributed by atoms with Crippen LogP contribution in [-0.4, -0.2) is 62.3 Å². The van der Waals surface area contributed by atoms with E-state index < -0.39 is 61.2 Å². The van der Waals surface area contributed by atoms with Crippen molar-refractivity contribution in [1.29, 1.82) is 0 Å². The minimum atomic E-state index is -5.06. The maximum Gasteiger partial charge on any atom is 0.416 e. The second-order valence-electron chi connectivity index (χ2n) is 8.90. The summed E-state index contributed by atoms with van der Waals surface area (Å²) in [5.74, 6) is -1.25. The van der Waals surface area contributed by atoms with Crippen molar-refractivity contribution in [2.24, 2.45) is 0 Å². The van der Waals surface area contributed by atoms with Crippen molar-refractivity contribution in [3.63, 3.8) is 0 Å². The van der Waals surface area contributed by atoms with Gasteiger partial charge in [0.25, 0.3) is 0 Å². The largest absolute Gasteiger partial charge is 0.416 e. The van der Waals surface area contributed by atoms with Crippen LogP contribution in [0.15, 0.2) is 53.3 Å². The van der Waals surface area contributed by atoms with Crippen LogP contribution in [0.5, 0.6) is 0 Å². The normalized spacial score (nSPS) is 14.4. The van der Waals surface area contributed by atoms with Crippen molar-refractivity contribution in [3.05, 3.63) is 75.2 Å². The number of nitrogens with one attached hydrogen (secondary N) is 2. The molecule has 10 nitrogen and oxygen atoms in total. The molecular formula is C25H26ClF6N5O5. The van der Waals surface area contributed by atoms with Crippen molar-refractivity contribution < 1.29 is 46.1 Å². The Labute approximate surface area is 239 Å². The van der Waals surface area contributed by atoms with Gasteiger partial charge in [-0.1, -0.05) is 23.7 Å². The Bertz CT molecular complexity index is 1410. The Morgan fingerprint density at radius 3 is 2.36 bits per heavy atom. The summed E-state index contributed by atoms with van der Waals surface area (Å²) < 4.78 is 85.1. The van der Waals surface area contributed by atoms with Crippen LogP contribution in [0.1, 0.15) is 24.1 Å². The lowest BCUT2D eigenvalue weighted by molar-refractivity contribution is -0.207. The number of benzene rings is 2. The van der Waals surface area contributed by atoms with Gasteiger partial charge in [0, 0.05) is 23.7 Å². The molecule has 4 N–H and O–H groups in total. The lowest BCUT2D eigenvalue weighted by atomic mass is 10.0. The van der Waals surface area contributed by atoms with Gasteiger partial charge in [-0.05, 0) is 48.9 Å². The van der Waals surface area contributed by atoms with Crippen molar-refractivity contribution in [2.75, 3.05) is 13.2 Å². The fourth-order valence-corrected chi connectivity index (χ4v) is 3.92. The highest BCUT2D eigenvalue weighted by Gasteiger charge is 2.39. The standard InChI is InChI=1S/C25H26ClF6N5O5/c1-2-42-22(40)33-11-18(15-4-3-5-16(10-15)24(27,28)29)34-20(39)13-37-23(41)36(12-19(38)25(30,31)32)21(35-37)14-6-8-17(26)9-7-14/h3-10,18-19,22,33,38,40H,2,11-13H2,1H3,(H,34,39)/t18?,19-,22?/m0/s1. The number of aromatic nitrogens is 3. The fraction of sp³-hybridized carbons (Fsp3) is 0.400. The molecule has 2 aromatic carbocycles. The van der Waals surface area contributed by atoms with Gasteiger partial charge in [-0.25, -0.2) is 9.48 Å². The van der Waals surface area contributed by atoms with E-state index in [1.54, 1.807) is 6.92 Å². The van der Waals surface area contributed by atoms with E-state index in [4.69, 9.17) is 16.3 Å². The molecular weight excluding hydrogens is 600 g/mol. The van der Waals surface area contributed by atoms with Gasteiger partial charge in [0.05, 0.1) is 18.2 Å². The van der Waals surface area contributed by atoms with Crippen LogP contribution in [0.2, 0.25) is 5.02 Å². The molecule has 0 aliphatic rings. The third-order valence-corrected chi connectivity index (χ3v) is 6.08. The molecule has 1 aromatic heterocycles. The summed E-state index contributed by atoms with van der Waals surface area (Å²) in [5, 5.41) is 28.6. The number of ether oxygens (including phenoxy) is 1. The zero-order valence-corrected chi connectivity index (χ0v) is 22.5. The molecule has 1 amide bonds. The van der Waals surface area contributed by atoms with Crippen molar-refractivity contribution in [3.8, 4) is 11.4 Å². The van der Waals surface area contributed by atoms with Gasteiger partial charge in [0.15, 0.2) is 11.9 Å². The molecule has 0 aliphatic carbocycles. The average Bonchev–Trinajstić information content (AvgIpc) is 3.20. The summed E-state index contributed by atoms with van der Waals surface area (Å²) in [6, 6.07) is 8.36. The number of aliphatic hydroxyl groups is 2. The Hall–Kier alpha value is -3.44. The van der Waals surface area contributed by atoms with Crippen LogP contribution >= 0.6 is 11.6 Å². The quantitative estimate of drug-likeness (QED) is 0.180. The minimum Gasteiger partial charge on any atom is -0.382 e. The number of carbonyl (C=O) groups is 1. The van der Waals surface area contributed by atoms with E-state index in [1.165, 1.54) is 30.3 Å². The van der Waals surface area contributed by atoms with E-state index in [0.29, 0.717) is 9.25 Å². The number of carbonyl (C=O) groups excluding carboxylic acids is 1. The second-order valence-corrected chi connectivity index (χ2v) is 9.33. The summed E-state index contributed by atoms with van der Waals surface area (Å²) in [6.45, 7) is -0.712. The van der Waals surface area contributed by atoms with E-state index >= 15 is 0 Å². The van der Waals surface area contributed by atoms with E-state index in [9.17, 15) is 46.1 Å². The molecule has 0 radical (unpaired) electrons. The Morgan fingerprint density at radius 1 is 1.10 bits per heavy atom. The molecule has 230 valence electrons. The molecule has 3 rings (SSSR count). The van der Waals surface area contributed by atoms with Crippen LogP contribution in [0.25, 0.3) is 11.4 Å². The maximum absolute atomic E-state index is 13.3. The van der Waals surface area contributed by atoms with E-state index in [2.05, 4.69) is 15.7 Å². The summed E-state index contributed by atoms with van der Waals surface area (Å²) in [7, 11) is 0. The molecule has 0 spiro atoms. The molecule has 3 atom stereocenters. The molecule has 0 bridgehead atoms. The number of amides is 1. The maximum atomic E-state index is 13.3. The Morgan fingerprint density at radius 2 is 1.76 bits per heavy atom. The van der Waals surface area contributed by atoms with Crippen LogP contribution in [0.3, 0.4) is 0 Å². The highest BCUT2D eigenvalue weighted by atomic mass is 35.5. The first-order chi connectivity index (χ1) is 19.6. The predicted molar refractivity (Wildman–Crippen MR) is 137 cm³/mol. The highest BCUT2D eigenvalue weighted by Crippen LogP contribution is 2.31. The summed E-state index contributed by atoms with van der Waals surface area (Å²) in [6.07, 6.45) is -14.2. The monoisotopic (exact) mass is 625 g/mol. The van der Waals surface area contributed by atoms with Crippen molar-refractivity contribution >= 4 is 17.5 Å². The van der Waals surface area contributed by atoms with Crippen LogP contribution in [0, 0.1) is 0 Å². The van der Waals surface area contributed by atoms with Gasteiger partial charge in [-0.15, -0.1) is 5.10 Å². The lowest BCUT2D eigenvalue weighted by Crippen LogP contribution is -2.43. The fourth-order valence-electron chi connectivity index (χ4n) is 3.79. The molecule has 17 heteroatoms. The third kappa shape index (κ3) is 8.78. The second kappa shape index (κ2) is 13.7. The molecule has 0 fully saturated rings. The van der Waals surface area contributed by atoms with E-state index in [0.717, 1.165) is 18.2 Å². The van der Waals surface area contributed by atoms with Crippen LogP contribution in [0.4, 0.5) is 26.3 Å². The van der Waals surface area contributed by atoms with E-state index in [-0.39, 0.29) is 35.1 Å². The number of hydrogen-bond acceptors (Lipinski definition) is 7. The number of aliphatic hydroxyl groups excluding tert-OH is 2. The Kier molecular flexibility index (Phi) is 10.8. The topological polar surface area (TPSA) is 131 Å². The molecule has 0 aliphatic heterocycles. The first kappa shape index (κ1) is 33.1. The van der Waals surface area contributed by atoms with Gasteiger partial charge in [0.1, 0.15) is 6.54 Å². The molecule has 0 saturated heterocycles. The van der Waals surface area contributed by atoms with Crippen LogP contribution < -0.4 is 16.3 Å². The first-order valence-electron chi connectivity index (χ1n) is 12.3. The van der Waals surface area contributed by atoms with Gasteiger partial charge in [0.2, 0.25) is 12.3 Å². The van der Waals surface area contributed by atoms with Crippen molar-refractivity contribution in [2.45, 2.75) is 50.9 Å². The zero-order valence-electron chi connectivity index (χ0n) is 21.8.